The third-order valence-corrected chi connectivity index (χ3v) is 4.71. The first-order valence-electron chi connectivity index (χ1n) is 9.92. The highest BCUT2D eigenvalue weighted by molar-refractivity contribution is 5.94. The number of nitrogens with zero attached hydrogens (tertiary/aromatic N) is 1. The number of carbonyl (C=O) groups excluding carboxylic acids is 2. The monoisotopic (exact) mass is 431 g/mol. The third kappa shape index (κ3) is 5.04. The molecule has 1 heterocycles. The van der Waals surface area contributed by atoms with Gasteiger partial charge in [-0.3, -0.25) is 4.79 Å². The Labute approximate surface area is 184 Å². The predicted octanol–water partition coefficient (Wildman–Crippen LogP) is 3.51. The van der Waals surface area contributed by atoms with Crippen LogP contribution in [0.3, 0.4) is 0 Å². The summed E-state index contributed by atoms with van der Waals surface area (Å²) in [6.07, 6.45) is 1.42. The number of esters is 1. The summed E-state index contributed by atoms with van der Waals surface area (Å²) in [4.78, 5) is 24.6. The summed E-state index contributed by atoms with van der Waals surface area (Å²) in [5.41, 5.74) is 5.25. The lowest BCUT2D eigenvalue weighted by Crippen LogP contribution is -2.26. The quantitative estimate of drug-likeness (QED) is 0.257. The molecule has 1 aliphatic rings. The van der Waals surface area contributed by atoms with Crippen molar-refractivity contribution in [2.24, 2.45) is 5.10 Å². The first kappa shape index (κ1) is 20.9. The van der Waals surface area contributed by atoms with E-state index in [0.29, 0.717) is 28.4 Å². The SMILES string of the molecule is Cc1ccccc1NCC(=O)N/N=C\c1ccccc1OC(=O)c1ccc2c(c1)OCO2. The second-order valence-corrected chi connectivity index (χ2v) is 6.96. The summed E-state index contributed by atoms with van der Waals surface area (Å²) in [5.74, 6) is 0.541. The fourth-order valence-electron chi connectivity index (χ4n) is 3.02. The maximum absolute atomic E-state index is 12.6. The Balaban J connectivity index is 1.35. The van der Waals surface area contributed by atoms with Crippen LogP contribution in [0.15, 0.2) is 71.8 Å². The molecule has 0 unspecified atom stereocenters. The van der Waals surface area contributed by atoms with Gasteiger partial charge in [0.2, 0.25) is 6.79 Å². The lowest BCUT2D eigenvalue weighted by molar-refractivity contribution is -0.119. The van der Waals surface area contributed by atoms with E-state index in [1.165, 1.54) is 6.21 Å². The Kier molecular flexibility index (Phi) is 6.31. The number of ether oxygens (including phenoxy) is 3. The van der Waals surface area contributed by atoms with Crippen molar-refractivity contribution in [2.45, 2.75) is 6.92 Å². The molecule has 1 aliphatic heterocycles. The molecule has 0 saturated carbocycles. The number of hydrazone groups is 1. The Bertz CT molecular complexity index is 1180. The fraction of sp³-hybridized carbons (Fsp3) is 0.125. The molecule has 0 aliphatic carbocycles. The van der Waals surface area contributed by atoms with Crippen molar-refractivity contribution < 1.29 is 23.8 Å². The van der Waals surface area contributed by atoms with Gasteiger partial charge in [0.25, 0.3) is 5.91 Å². The van der Waals surface area contributed by atoms with Crippen LogP contribution in [0.25, 0.3) is 0 Å². The molecule has 0 aromatic heterocycles. The number of nitrogens with one attached hydrogen (secondary N) is 2. The zero-order chi connectivity index (χ0) is 22.3. The zero-order valence-electron chi connectivity index (χ0n) is 17.3. The Hall–Kier alpha value is -4.33. The van der Waals surface area contributed by atoms with E-state index < -0.39 is 5.97 Å². The van der Waals surface area contributed by atoms with E-state index in [-0.39, 0.29) is 19.2 Å². The molecular formula is C24H21N3O5. The van der Waals surface area contributed by atoms with Crippen LogP contribution in [0.2, 0.25) is 0 Å². The van der Waals surface area contributed by atoms with Crippen LogP contribution in [0, 0.1) is 6.92 Å². The molecule has 0 fully saturated rings. The van der Waals surface area contributed by atoms with Gasteiger partial charge in [0.15, 0.2) is 11.5 Å². The summed E-state index contributed by atoms with van der Waals surface area (Å²) in [5, 5.41) is 7.03. The maximum Gasteiger partial charge on any atom is 0.343 e. The Morgan fingerprint density at radius 2 is 1.81 bits per heavy atom. The van der Waals surface area contributed by atoms with Crippen molar-refractivity contribution in [3.05, 3.63) is 83.4 Å². The van der Waals surface area contributed by atoms with Crippen LogP contribution in [0.5, 0.6) is 17.2 Å². The summed E-state index contributed by atoms with van der Waals surface area (Å²) < 4.78 is 16.1. The lowest BCUT2D eigenvalue weighted by Gasteiger charge is -2.09. The normalized spacial score (nSPS) is 11.9. The van der Waals surface area contributed by atoms with E-state index >= 15 is 0 Å². The van der Waals surface area contributed by atoms with Crippen molar-refractivity contribution in [3.8, 4) is 17.2 Å². The van der Waals surface area contributed by atoms with Gasteiger partial charge < -0.3 is 19.5 Å². The second kappa shape index (κ2) is 9.65. The number of para-hydroxylation sites is 2. The minimum absolute atomic E-state index is 0.0724. The number of hydrogen-bond acceptors (Lipinski definition) is 7. The molecule has 0 radical (unpaired) electrons. The molecule has 3 aromatic carbocycles. The van der Waals surface area contributed by atoms with Gasteiger partial charge in [-0.05, 0) is 48.9 Å². The first-order valence-corrected chi connectivity index (χ1v) is 9.92. The molecule has 8 nitrogen and oxygen atoms in total. The second-order valence-electron chi connectivity index (χ2n) is 6.96. The van der Waals surface area contributed by atoms with Crippen LogP contribution in [-0.4, -0.2) is 31.4 Å². The summed E-state index contributed by atoms with van der Waals surface area (Å²) >= 11 is 0. The summed E-state index contributed by atoms with van der Waals surface area (Å²) in [6.45, 7) is 2.16. The largest absolute Gasteiger partial charge is 0.454 e. The van der Waals surface area contributed by atoms with Gasteiger partial charge in [-0.2, -0.15) is 5.10 Å². The Morgan fingerprint density at radius 1 is 1.03 bits per heavy atom. The highest BCUT2D eigenvalue weighted by atomic mass is 16.7. The van der Waals surface area contributed by atoms with Gasteiger partial charge in [-0.25, -0.2) is 10.2 Å². The van der Waals surface area contributed by atoms with Crippen LogP contribution < -0.4 is 25.0 Å². The molecule has 4 rings (SSSR count). The maximum atomic E-state index is 12.6. The highest BCUT2D eigenvalue weighted by Crippen LogP contribution is 2.32. The van der Waals surface area contributed by atoms with E-state index in [1.807, 2.05) is 31.2 Å². The first-order chi connectivity index (χ1) is 15.6. The average Bonchev–Trinajstić information content (AvgIpc) is 3.27. The van der Waals surface area contributed by atoms with Crippen molar-refractivity contribution >= 4 is 23.8 Å². The number of anilines is 1. The van der Waals surface area contributed by atoms with Crippen molar-refractivity contribution in [1.82, 2.24) is 5.43 Å². The van der Waals surface area contributed by atoms with Crippen molar-refractivity contribution in [1.29, 1.82) is 0 Å². The van der Waals surface area contributed by atoms with Crippen LogP contribution >= 0.6 is 0 Å². The molecule has 0 atom stereocenters. The molecule has 8 heteroatoms. The molecule has 1 amide bonds. The summed E-state index contributed by atoms with van der Waals surface area (Å²) in [6, 6.07) is 19.4. The topological polar surface area (TPSA) is 98.2 Å². The van der Waals surface area contributed by atoms with Gasteiger partial charge in [0.05, 0.1) is 18.3 Å². The van der Waals surface area contributed by atoms with Crippen LogP contribution in [0.4, 0.5) is 5.69 Å². The molecule has 3 aromatic rings. The van der Waals surface area contributed by atoms with E-state index in [0.717, 1.165) is 11.3 Å². The van der Waals surface area contributed by atoms with Gasteiger partial charge in [0.1, 0.15) is 5.75 Å². The third-order valence-electron chi connectivity index (χ3n) is 4.71. The molecule has 162 valence electrons. The minimum atomic E-state index is -0.546. The van der Waals surface area contributed by atoms with E-state index in [1.54, 1.807) is 42.5 Å². The molecule has 32 heavy (non-hydrogen) atoms. The standard InChI is InChI=1S/C24H21N3O5/c1-16-6-2-4-8-19(16)25-14-23(28)27-26-13-18-7-3-5-9-20(18)32-24(29)17-10-11-21-22(12-17)31-15-30-21/h2-13,25H,14-15H2,1H3,(H,27,28)/b26-13-. The van der Waals surface area contributed by atoms with Gasteiger partial charge in [0, 0.05) is 11.3 Å². The average molecular weight is 431 g/mol. The van der Waals surface area contributed by atoms with E-state index in [4.69, 9.17) is 14.2 Å². The number of amides is 1. The molecule has 0 saturated heterocycles. The molecule has 0 spiro atoms. The number of hydrogen-bond donors (Lipinski definition) is 2. The van der Waals surface area contributed by atoms with Gasteiger partial charge >= 0.3 is 5.97 Å². The highest BCUT2D eigenvalue weighted by Gasteiger charge is 2.18. The van der Waals surface area contributed by atoms with E-state index in [2.05, 4.69) is 15.8 Å². The zero-order valence-corrected chi connectivity index (χ0v) is 17.3. The van der Waals surface area contributed by atoms with E-state index in [9.17, 15) is 9.59 Å². The van der Waals surface area contributed by atoms with Crippen LogP contribution in [-0.2, 0) is 4.79 Å². The van der Waals surface area contributed by atoms with Gasteiger partial charge in [-0.15, -0.1) is 0 Å². The summed E-state index contributed by atoms with van der Waals surface area (Å²) in [7, 11) is 0. The van der Waals surface area contributed by atoms with Crippen molar-refractivity contribution in [2.75, 3.05) is 18.7 Å². The molecule has 0 bridgehead atoms. The van der Waals surface area contributed by atoms with Crippen molar-refractivity contribution in [3.63, 3.8) is 0 Å². The number of rotatable bonds is 7. The minimum Gasteiger partial charge on any atom is -0.454 e. The number of fused-ring (bicyclic) bond motifs is 1. The van der Waals surface area contributed by atoms with Gasteiger partial charge in [-0.1, -0.05) is 30.3 Å². The molecule has 2 N–H and O–H groups in total. The lowest BCUT2D eigenvalue weighted by atomic mass is 10.2. The Morgan fingerprint density at radius 3 is 2.69 bits per heavy atom. The number of aryl methyl sites for hydroxylation is 1. The van der Waals surface area contributed by atoms with Crippen LogP contribution in [0.1, 0.15) is 21.5 Å². The number of carbonyl (C=O) groups is 2. The predicted molar refractivity (Wildman–Crippen MR) is 119 cm³/mol. The smallest absolute Gasteiger partial charge is 0.343 e. The fourth-order valence-corrected chi connectivity index (χ4v) is 3.02. The molecular weight excluding hydrogens is 410 g/mol. The number of benzene rings is 3.